The zero-order valence-electron chi connectivity index (χ0n) is 22.1. The number of ether oxygens (including phenoxy) is 2. The molecule has 210 valence electrons. The lowest BCUT2D eigenvalue weighted by Gasteiger charge is -2.26. The van der Waals surface area contributed by atoms with Crippen molar-refractivity contribution in [3.8, 4) is 17.2 Å². The van der Waals surface area contributed by atoms with Crippen molar-refractivity contribution in [3.63, 3.8) is 0 Å². The third-order valence-electron chi connectivity index (χ3n) is 6.52. The zero-order valence-corrected chi connectivity index (χ0v) is 22.9. The SMILES string of the molecule is COC(=O)CCCC(=O)Nc1ccccc1-c1c(C#N)c(N)nc2sc(C(=O)NCCN3CCOCC3)c(N)c12. The zero-order chi connectivity index (χ0) is 28.6. The van der Waals surface area contributed by atoms with Gasteiger partial charge in [0, 0.05) is 61.2 Å². The molecular formula is C27H31N7O5S. The number of benzene rings is 1. The Balaban J connectivity index is 1.64. The highest BCUT2D eigenvalue weighted by Crippen LogP contribution is 2.44. The number of amides is 2. The lowest BCUT2D eigenvalue weighted by Crippen LogP contribution is -2.41. The van der Waals surface area contributed by atoms with Gasteiger partial charge in [-0.3, -0.25) is 19.3 Å². The number of nitrogens with zero attached hydrogens (tertiary/aromatic N) is 3. The molecule has 12 nitrogen and oxygen atoms in total. The number of aromatic nitrogens is 1. The number of methoxy groups -OCH3 is 1. The molecule has 1 fully saturated rings. The van der Waals surface area contributed by atoms with Crippen LogP contribution in [0.5, 0.6) is 0 Å². The van der Waals surface area contributed by atoms with E-state index < -0.39 is 5.97 Å². The molecule has 2 aromatic heterocycles. The maximum atomic E-state index is 13.1. The van der Waals surface area contributed by atoms with E-state index in [1.807, 2.05) is 0 Å². The van der Waals surface area contributed by atoms with E-state index in [0.717, 1.165) is 24.4 Å². The van der Waals surface area contributed by atoms with Crippen molar-refractivity contribution in [2.75, 3.05) is 63.3 Å². The summed E-state index contributed by atoms with van der Waals surface area (Å²) in [6.07, 6.45) is 0.532. The predicted octanol–water partition coefficient (Wildman–Crippen LogP) is 2.34. The topological polar surface area (TPSA) is 186 Å². The van der Waals surface area contributed by atoms with Gasteiger partial charge in [0.1, 0.15) is 27.2 Å². The van der Waals surface area contributed by atoms with Gasteiger partial charge in [-0.15, -0.1) is 11.3 Å². The molecule has 0 unspecified atom stereocenters. The van der Waals surface area contributed by atoms with Gasteiger partial charge >= 0.3 is 5.97 Å². The molecule has 3 aromatic rings. The standard InChI is InChI=1S/C27H31N7O5S/c1-38-20(36)8-4-7-19(35)32-18-6-3-2-5-16(18)21-17(15-28)25(30)33-27-22(21)23(29)24(40-27)26(37)31-9-10-34-11-13-39-14-12-34/h2-3,5-6H,4,7-14,29H2,1H3,(H2,30,33)(H,31,37)(H,32,35). The second-order valence-electron chi connectivity index (χ2n) is 9.12. The van der Waals surface area contributed by atoms with E-state index in [1.165, 1.54) is 7.11 Å². The van der Waals surface area contributed by atoms with E-state index in [2.05, 4.69) is 31.3 Å². The molecule has 0 bridgehead atoms. The Morgan fingerprint density at radius 1 is 1.20 bits per heavy atom. The Kier molecular flexibility index (Phi) is 9.49. The number of para-hydroxylation sites is 1. The summed E-state index contributed by atoms with van der Waals surface area (Å²) in [5, 5.41) is 16.2. The summed E-state index contributed by atoms with van der Waals surface area (Å²) < 4.78 is 9.98. The van der Waals surface area contributed by atoms with Crippen molar-refractivity contribution in [2.45, 2.75) is 19.3 Å². The number of thiophene rings is 1. The average molecular weight is 566 g/mol. The highest BCUT2D eigenvalue weighted by atomic mass is 32.1. The second kappa shape index (κ2) is 13.2. The van der Waals surface area contributed by atoms with Crippen molar-refractivity contribution in [2.24, 2.45) is 0 Å². The van der Waals surface area contributed by atoms with Crippen LogP contribution in [-0.4, -0.2) is 74.2 Å². The van der Waals surface area contributed by atoms with Crippen LogP contribution in [0.1, 0.15) is 34.5 Å². The summed E-state index contributed by atoms with van der Waals surface area (Å²) in [6, 6.07) is 9.03. The first kappa shape index (κ1) is 28.8. The third kappa shape index (κ3) is 6.48. The molecule has 4 rings (SSSR count). The molecule has 1 aromatic carbocycles. The molecule has 1 saturated heterocycles. The van der Waals surface area contributed by atoms with Gasteiger partial charge in [0.15, 0.2) is 0 Å². The van der Waals surface area contributed by atoms with Gasteiger partial charge in [-0.25, -0.2) is 4.98 Å². The lowest BCUT2D eigenvalue weighted by molar-refractivity contribution is -0.140. The molecule has 13 heteroatoms. The number of nitrogens with two attached hydrogens (primary N) is 2. The van der Waals surface area contributed by atoms with E-state index in [1.54, 1.807) is 24.3 Å². The predicted molar refractivity (Wildman–Crippen MR) is 153 cm³/mol. The molecular weight excluding hydrogens is 534 g/mol. The number of carbonyl (C=O) groups excluding carboxylic acids is 3. The fraction of sp³-hybridized carbons (Fsp3) is 0.370. The number of nitriles is 1. The average Bonchev–Trinajstić information content (AvgIpc) is 3.28. The minimum atomic E-state index is -0.393. The van der Waals surface area contributed by atoms with Crippen molar-refractivity contribution in [1.82, 2.24) is 15.2 Å². The molecule has 0 saturated carbocycles. The van der Waals surface area contributed by atoms with E-state index >= 15 is 0 Å². The van der Waals surface area contributed by atoms with E-state index in [4.69, 9.17) is 16.2 Å². The van der Waals surface area contributed by atoms with Gasteiger partial charge in [0.25, 0.3) is 5.91 Å². The summed E-state index contributed by atoms with van der Waals surface area (Å²) in [6.45, 7) is 4.08. The quantitative estimate of drug-likeness (QED) is 0.266. The van der Waals surface area contributed by atoms with Gasteiger partial charge < -0.3 is 31.6 Å². The summed E-state index contributed by atoms with van der Waals surface area (Å²) in [5.41, 5.74) is 14.3. The molecule has 6 N–H and O–H groups in total. The van der Waals surface area contributed by atoms with Crippen LogP contribution in [-0.2, 0) is 19.1 Å². The first-order valence-electron chi connectivity index (χ1n) is 12.8. The Labute approximate surface area is 235 Å². The minimum Gasteiger partial charge on any atom is -0.469 e. The van der Waals surface area contributed by atoms with Crippen LogP contribution in [0.15, 0.2) is 24.3 Å². The number of anilines is 3. The van der Waals surface area contributed by atoms with Crippen molar-refractivity contribution >= 4 is 56.5 Å². The smallest absolute Gasteiger partial charge is 0.305 e. The number of fused-ring (bicyclic) bond motifs is 1. The number of rotatable bonds is 10. The van der Waals surface area contributed by atoms with E-state index in [-0.39, 0.29) is 46.6 Å². The highest BCUT2D eigenvalue weighted by Gasteiger charge is 2.26. The number of morpholine rings is 1. The molecule has 0 spiro atoms. The largest absolute Gasteiger partial charge is 0.469 e. The molecule has 2 amide bonds. The normalized spacial score (nSPS) is 13.5. The number of hydrogen-bond donors (Lipinski definition) is 4. The van der Waals surface area contributed by atoms with Gasteiger partial charge in [-0.2, -0.15) is 5.26 Å². The Bertz CT molecular complexity index is 1460. The Morgan fingerprint density at radius 3 is 2.67 bits per heavy atom. The van der Waals surface area contributed by atoms with Crippen LogP contribution in [0.2, 0.25) is 0 Å². The number of esters is 1. The van der Waals surface area contributed by atoms with Crippen molar-refractivity contribution in [3.05, 3.63) is 34.7 Å². The summed E-state index contributed by atoms with van der Waals surface area (Å²) >= 11 is 1.09. The third-order valence-corrected chi connectivity index (χ3v) is 7.62. The molecule has 0 aliphatic carbocycles. The fourth-order valence-corrected chi connectivity index (χ4v) is 5.50. The van der Waals surface area contributed by atoms with Crippen LogP contribution >= 0.6 is 11.3 Å². The van der Waals surface area contributed by atoms with Gasteiger partial charge in [0.05, 0.1) is 26.0 Å². The van der Waals surface area contributed by atoms with Gasteiger partial charge in [-0.1, -0.05) is 18.2 Å². The lowest BCUT2D eigenvalue weighted by atomic mass is 9.95. The maximum Gasteiger partial charge on any atom is 0.305 e. The minimum absolute atomic E-state index is 0.00951. The van der Waals surface area contributed by atoms with Crippen LogP contribution in [0.3, 0.4) is 0 Å². The number of hydrogen-bond acceptors (Lipinski definition) is 11. The first-order valence-corrected chi connectivity index (χ1v) is 13.6. The maximum absolute atomic E-state index is 13.1. The van der Waals surface area contributed by atoms with Crippen LogP contribution in [0.25, 0.3) is 21.3 Å². The van der Waals surface area contributed by atoms with Crippen molar-refractivity contribution in [1.29, 1.82) is 5.26 Å². The summed E-state index contributed by atoms with van der Waals surface area (Å²) in [7, 11) is 1.29. The van der Waals surface area contributed by atoms with Crippen LogP contribution < -0.4 is 22.1 Å². The highest BCUT2D eigenvalue weighted by molar-refractivity contribution is 7.21. The number of pyridine rings is 1. The van der Waals surface area contributed by atoms with Crippen molar-refractivity contribution < 1.29 is 23.9 Å². The first-order chi connectivity index (χ1) is 19.3. The second-order valence-corrected chi connectivity index (χ2v) is 10.1. The number of nitrogens with one attached hydrogen (secondary N) is 2. The molecule has 0 atom stereocenters. The molecule has 3 heterocycles. The van der Waals surface area contributed by atoms with Gasteiger partial charge in [0.2, 0.25) is 5.91 Å². The van der Waals surface area contributed by atoms with Crippen LogP contribution in [0, 0.1) is 11.3 Å². The summed E-state index contributed by atoms with van der Waals surface area (Å²) in [5.74, 6) is -1.06. The Hall–Kier alpha value is -4.25. The molecule has 40 heavy (non-hydrogen) atoms. The monoisotopic (exact) mass is 565 g/mol. The van der Waals surface area contributed by atoms with Gasteiger partial charge in [-0.05, 0) is 12.5 Å². The van der Waals surface area contributed by atoms with Crippen LogP contribution in [0.4, 0.5) is 17.2 Å². The number of carbonyl (C=O) groups is 3. The van der Waals surface area contributed by atoms with E-state index in [0.29, 0.717) is 59.8 Å². The molecule has 1 aliphatic rings. The fourth-order valence-electron chi connectivity index (χ4n) is 4.47. The number of nitrogen functional groups attached to an aromatic ring is 2. The summed E-state index contributed by atoms with van der Waals surface area (Å²) in [4.78, 5) is 44.4. The molecule has 0 radical (unpaired) electrons. The Morgan fingerprint density at radius 2 is 1.95 bits per heavy atom. The molecule has 1 aliphatic heterocycles. The van der Waals surface area contributed by atoms with E-state index in [9.17, 15) is 19.6 Å².